The molecule has 22 heavy (non-hydrogen) atoms. The maximum absolute atomic E-state index is 12.2. The van der Waals surface area contributed by atoms with Gasteiger partial charge in [0.1, 0.15) is 0 Å². The van der Waals surface area contributed by atoms with Crippen molar-refractivity contribution in [3.05, 3.63) is 16.1 Å². The lowest BCUT2D eigenvalue weighted by Crippen LogP contribution is -2.61. The summed E-state index contributed by atoms with van der Waals surface area (Å²) >= 11 is 3.67. The molecule has 4 rings (SSSR count). The normalized spacial score (nSPS) is 32.3. The number of carbonyl (C=O) groups is 1. The van der Waals surface area contributed by atoms with E-state index in [4.69, 9.17) is 4.74 Å². The highest BCUT2D eigenvalue weighted by atomic mass is 32.2. The lowest BCUT2D eigenvalue weighted by Gasteiger charge is -2.47. The van der Waals surface area contributed by atoms with Gasteiger partial charge in [-0.05, 0) is 25.7 Å². The number of thiazole rings is 1. The van der Waals surface area contributed by atoms with Crippen LogP contribution in [0.1, 0.15) is 30.5 Å². The molecule has 0 N–H and O–H groups in total. The second kappa shape index (κ2) is 5.49. The maximum atomic E-state index is 12.2. The van der Waals surface area contributed by atoms with E-state index in [9.17, 15) is 4.79 Å². The molecule has 1 amide bonds. The van der Waals surface area contributed by atoms with Crippen LogP contribution in [0.15, 0.2) is 5.38 Å². The zero-order valence-electron chi connectivity index (χ0n) is 13.1. The Morgan fingerprint density at radius 3 is 2.95 bits per heavy atom. The molecule has 3 atom stereocenters. The summed E-state index contributed by atoms with van der Waals surface area (Å²) in [6, 6.07) is 0. The molecular weight excluding hydrogens is 316 g/mol. The van der Waals surface area contributed by atoms with Crippen molar-refractivity contribution in [1.82, 2.24) is 9.88 Å². The van der Waals surface area contributed by atoms with Gasteiger partial charge in [0.25, 0.3) is 0 Å². The fraction of sp³-hybridized carbons (Fsp3) is 0.750. The number of rotatable bonds is 4. The summed E-state index contributed by atoms with van der Waals surface area (Å²) in [5, 5.41) is 3.17. The predicted octanol–water partition coefficient (Wildman–Crippen LogP) is 2.71. The summed E-state index contributed by atoms with van der Waals surface area (Å²) in [5.41, 5.74) is 1.04. The lowest BCUT2D eigenvalue weighted by molar-refractivity contribution is -0.138. The van der Waals surface area contributed by atoms with Crippen LogP contribution >= 0.6 is 23.1 Å². The summed E-state index contributed by atoms with van der Waals surface area (Å²) in [6.07, 6.45) is 2.48. The van der Waals surface area contributed by atoms with E-state index in [2.05, 4.69) is 22.2 Å². The van der Waals surface area contributed by atoms with Crippen molar-refractivity contribution in [3.63, 3.8) is 0 Å². The van der Waals surface area contributed by atoms with E-state index in [0.29, 0.717) is 30.5 Å². The molecule has 120 valence electrons. The summed E-state index contributed by atoms with van der Waals surface area (Å²) in [4.78, 5) is 18.7. The van der Waals surface area contributed by atoms with Crippen LogP contribution in [0.5, 0.6) is 0 Å². The maximum Gasteiger partial charge on any atom is 0.226 e. The fourth-order valence-corrected chi connectivity index (χ4v) is 5.66. The summed E-state index contributed by atoms with van der Waals surface area (Å²) in [7, 11) is 0. The van der Waals surface area contributed by atoms with Crippen LogP contribution in [-0.4, -0.2) is 45.5 Å². The Labute approximate surface area is 139 Å². The molecule has 3 heterocycles. The highest BCUT2D eigenvalue weighted by Crippen LogP contribution is 2.48. The minimum Gasteiger partial charge on any atom is -0.371 e. The quantitative estimate of drug-likeness (QED) is 0.846. The summed E-state index contributed by atoms with van der Waals surface area (Å²) in [5.74, 6) is 2.37. The first-order valence-corrected chi connectivity index (χ1v) is 9.86. The van der Waals surface area contributed by atoms with Crippen LogP contribution in [0.4, 0.5) is 0 Å². The number of thioether (sulfide) groups is 1. The van der Waals surface area contributed by atoms with Gasteiger partial charge in [0.15, 0.2) is 0 Å². The van der Waals surface area contributed by atoms with Crippen molar-refractivity contribution < 1.29 is 9.53 Å². The third kappa shape index (κ3) is 2.81. The number of ether oxygens (including phenoxy) is 1. The van der Waals surface area contributed by atoms with Gasteiger partial charge in [-0.2, -0.15) is 0 Å². The van der Waals surface area contributed by atoms with Crippen LogP contribution in [0.3, 0.4) is 0 Å². The molecule has 3 aliphatic rings. The van der Waals surface area contributed by atoms with Crippen LogP contribution < -0.4 is 0 Å². The highest BCUT2D eigenvalue weighted by Gasteiger charge is 2.53. The van der Waals surface area contributed by atoms with Gasteiger partial charge in [-0.3, -0.25) is 4.79 Å². The number of likely N-dealkylation sites (tertiary alicyclic amines) is 1. The van der Waals surface area contributed by atoms with E-state index in [1.54, 1.807) is 11.3 Å². The van der Waals surface area contributed by atoms with Crippen LogP contribution in [0.2, 0.25) is 0 Å². The van der Waals surface area contributed by atoms with E-state index in [1.807, 2.05) is 18.7 Å². The van der Waals surface area contributed by atoms with Crippen molar-refractivity contribution in [2.45, 2.75) is 44.1 Å². The standard InChI is InChI=1S/C16H22N2O2S2/c1-10-3-14(10)15(19)18-8-16(9-18)4-13(7-22-16)20-5-12-6-21-11(2)17-12/h6,10,13-14H,3-5,7-9H2,1-2H3. The van der Waals surface area contributed by atoms with Crippen molar-refractivity contribution in [2.75, 3.05) is 18.8 Å². The Hall–Kier alpha value is -0.590. The van der Waals surface area contributed by atoms with Gasteiger partial charge in [0.2, 0.25) is 5.91 Å². The molecule has 2 aliphatic heterocycles. The molecule has 6 heteroatoms. The van der Waals surface area contributed by atoms with E-state index in [1.165, 1.54) is 0 Å². The molecule has 1 spiro atoms. The Morgan fingerprint density at radius 1 is 1.55 bits per heavy atom. The van der Waals surface area contributed by atoms with Gasteiger partial charge in [0, 0.05) is 30.1 Å². The van der Waals surface area contributed by atoms with E-state index in [0.717, 1.165) is 42.4 Å². The number of hydrogen-bond donors (Lipinski definition) is 0. The largest absolute Gasteiger partial charge is 0.371 e. The monoisotopic (exact) mass is 338 g/mol. The average molecular weight is 338 g/mol. The molecule has 0 aromatic carbocycles. The first kappa shape index (κ1) is 15.0. The molecule has 3 fully saturated rings. The minimum absolute atomic E-state index is 0.274. The third-order valence-electron chi connectivity index (χ3n) is 5.00. The second-order valence-electron chi connectivity index (χ2n) is 7.00. The number of amides is 1. The van der Waals surface area contributed by atoms with Crippen LogP contribution in [0.25, 0.3) is 0 Å². The number of aryl methyl sites for hydroxylation is 1. The van der Waals surface area contributed by atoms with Crippen molar-refractivity contribution >= 4 is 29.0 Å². The second-order valence-corrected chi connectivity index (χ2v) is 9.55. The molecule has 1 aromatic rings. The fourth-order valence-electron chi connectivity index (χ4n) is 3.51. The molecule has 3 unspecified atom stereocenters. The van der Waals surface area contributed by atoms with Crippen LogP contribution in [0, 0.1) is 18.8 Å². The molecule has 4 nitrogen and oxygen atoms in total. The molecule has 0 bridgehead atoms. The molecular formula is C16H22N2O2S2. The topological polar surface area (TPSA) is 42.4 Å². The Balaban J connectivity index is 1.24. The van der Waals surface area contributed by atoms with E-state index in [-0.39, 0.29) is 4.75 Å². The van der Waals surface area contributed by atoms with Crippen molar-refractivity contribution in [2.24, 2.45) is 11.8 Å². The minimum atomic E-state index is 0.274. The van der Waals surface area contributed by atoms with Gasteiger partial charge in [-0.25, -0.2) is 4.98 Å². The third-order valence-corrected chi connectivity index (χ3v) is 7.40. The van der Waals surface area contributed by atoms with Gasteiger partial charge in [-0.15, -0.1) is 23.1 Å². The van der Waals surface area contributed by atoms with Crippen molar-refractivity contribution in [3.8, 4) is 0 Å². The smallest absolute Gasteiger partial charge is 0.226 e. The first-order valence-electron chi connectivity index (χ1n) is 8.00. The highest BCUT2D eigenvalue weighted by molar-refractivity contribution is 8.01. The Morgan fingerprint density at radius 2 is 2.32 bits per heavy atom. The van der Waals surface area contributed by atoms with Crippen molar-refractivity contribution in [1.29, 1.82) is 0 Å². The van der Waals surface area contributed by atoms with Gasteiger partial charge in [-0.1, -0.05) is 6.92 Å². The number of nitrogens with zero attached hydrogens (tertiary/aromatic N) is 2. The number of aromatic nitrogens is 1. The van der Waals surface area contributed by atoms with Gasteiger partial charge >= 0.3 is 0 Å². The lowest BCUT2D eigenvalue weighted by atomic mass is 9.92. The molecule has 1 aromatic heterocycles. The average Bonchev–Trinajstić information content (AvgIpc) is 2.87. The zero-order valence-corrected chi connectivity index (χ0v) is 14.7. The Kier molecular flexibility index (Phi) is 3.74. The molecule has 2 saturated heterocycles. The summed E-state index contributed by atoms with van der Waals surface area (Å²) < 4.78 is 6.30. The number of carbonyl (C=O) groups excluding carboxylic acids is 1. The molecule has 1 aliphatic carbocycles. The van der Waals surface area contributed by atoms with Gasteiger partial charge in [0.05, 0.1) is 28.2 Å². The summed E-state index contributed by atoms with van der Waals surface area (Å²) in [6.45, 7) is 6.67. The molecule has 0 radical (unpaired) electrons. The Bertz CT molecular complexity index is 582. The number of hydrogen-bond acceptors (Lipinski definition) is 5. The zero-order chi connectivity index (χ0) is 15.3. The van der Waals surface area contributed by atoms with Gasteiger partial charge < -0.3 is 9.64 Å². The first-order chi connectivity index (χ1) is 10.5. The van der Waals surface area contributed by atoms with E-state index >= 15 is 0 Å². The SMILES string of the molecule is Cc1nc(COC2CSC3(C2)CN(C(=O)C2CC2C)C3)cs1. The van der Waals surface area contributed by atoms with Crippen LogP contribution in [-0.2, 0) is 16.1 Å². The predicted molar refractivity (Wildman–Crippen MR) is 89.1 cm³/mol. The van der Waals surface area contributed by atoms with E-state index < -0.39 is 0 Å². The molecule has 1 saturated carbocycles.